The smallest absolute Gasteiger partial charge is 0.246 e. The number of aryl methyl sites for hydroxylation is 1. The monoisotopic (exact) mass is 459 g/mol. The molecule has 0 bridgehead atoms. The first-order valence-corrected chi connectivity index (χ1v) is 12.3. The first kappa shape index (κ1) is 21.7. The molecule has 0 radical (unpaired) electrons. The van der Waals surface area contributed by atoms with E-state index in [0.29, 0.717) is 18.8 Å². The number of ether oxygens (including phenoxy) is 2. The largest absolute Gasteiger partial charge is 0.497 e. The van der Waals surface area contributed by atoms with Crippen molar-refractivity contribution in [2.24, 2.45) is 0 Å². The average molecular weight is 460 g/mol. The molecule has 0 spiro atoms. The molecule has 164 valence electrons. The van der Waals surface area contributed by atoms with Gasteiger partial charge in [-0.05, 0) is 61.7 Å². The molecule has 0 aliphatic carbocycles. The van der Waals surface area contributed by atoms with Gasteiger partial charge in [0.1, 0.15) is 26.4 Å². The summed E-state index contributed by atoms with van der Waals surface area (Å²) in [5.74, 6) is 1.17. The predicted molar refractivity (Wildman–Crippen MR) is 120 cm³/mol. The molecule has 1 aromatic heterocycles. The SMILES string of the molecule is COc1ccc(-c2nnc(C3CCCN(S(=O)(=O)c4cc(C)ccc4OC)C3)s2)cc1. The van der Waals surface area contributed by atoms with Gasteiger partial charge < -0.3 is 9.47 Å². The van der Waals surface area contributed by atoms with Crippen LogP contribution in [0.4, 0.5) is 0 Å². The van der Waals surface area contributed by atoms with Crippen molar-refractivity contribution in [3.05, 3.63) is 53.0 Å². The molecule has 0 saturated carbocycles. The molecule has 3 aromatic rings. The second-order valence-corrected chi connectivity index (χ2v) is 10.4. The van der Waals surface area contributed by atoms with Gasteiger partial charge in [0.2, 0.25) is 10.0 Å². The highest BCUT2D eigenvalue weighted by Gasteiger charge is 2.34. The van der Waals surface area contributed by atoms with E-state index < -0.39 is 10.0 Å². The van der Waals surface area contributed by atoms with Crippen molar-refractivity contribution in [1.29, 1.82) is 0 Å². The molecule has 0 N–H and O–H groups in total. The van der Waals surface area contributed by atoms with Gasteiger partial charge in [-0.2, -0.15) is 4.31 Å². The number of piperidine rings is 1. The van der Waals surface area contributed by atoms with Crippen LogP contribution in [0.3, 0.4) is 0 Å². The van der Waals surface area contributed by atoms with Crippen molar-refractivity contribution in [2.45, 2.75) is 30.6 Å². The van der Waals surface area contributed by atoms with Gasteiger partial charge in [0, 0.05) is 24.6 Å². The summed E-state index contributed by atoms with van der Waals surface area (Å²) in [6.45, 7) is 2.75. The molecule has 1 unspecified atom stereocenters. The topological polar surface area (TPSA) is 81.6 Å². The number of hydrogen-bond donors (Lipinski definition) is 0. The van der Waals surface area contributed by atoms with E-state index in [4.69, 9.17) is 9.47 Å². The minimum atomic E-state index is -3.67. The van der Waals surface area contributed by atoms with Crippen LogP contribution in [0, 0.1) is 6.92 Å². The summed E-state index contributed by atoms with van der Waals surface area (Å²) in [5, 5.41) is 10.4. The fourth-order valence-electron chi connectivity index (χ4n) is 3.74. The number of benzene rings is 2. The van der Waals surface area contributed by atoms with Gasteiger partial charge in [-0.15, -0.1) is 10.2 Å². The fourth-order valence-corrected chi connectivity index (χ4v) is 6.48. The highest BCUT2D eigenvalue weighted by Crippen LogP contribution is 2.36. The quantitative estimate of drug-likeness (QED) is 0.552. The molecule has 7 nitrogen and oxygen atoms in total. The van der Waals surface area contributed by atoms with Crippen molar-refractivity contribution in [1.82, 2.24) is 14.5 Å². The number of nitrogens with zero attached hydrogens (tertiary/aromatic N) is 3. The zero-order valence-electron chi connectivity index (χ0n) is 17.7. The van der Waals surface area contributed by atoms with Crippen molar-refractivity contribution >= 4 is 21.4 Å². The van der Waals surface area contributed by atoms with E-state index >= 15 is 0 Å². The second-order valence-electron chi connectivity index (χ2n) is 7.53. The van der Waals surface area contributed by atoms with E-state index in [0.717, 1.165) is 39.7 Å². The molecule has 1 aliphatic heterocycles. The van der Waals surface area contributed by atoms with Crippen LogP contribution in [0.15, 0.2) is 47.4 Å². The zero-order chi connectivity index (χ0) is 22.0. The lowest BCUT2D eigenvalue weighted by molar-refractivity contribution is 0.312. The number of methoxy groups -OCH3 is 2. The number of hydrogen-bond acceptors (Lipinski definition) is 7. The van der Waals surface area contributed by atoms with E-state index in [1.807, 2.05) is 37.3 Å². The minimum Gasteiger partial charge on any atom is -0.497 e. The van der Waals surface area contributed by atoms with E-state index in [-0.39, 0.29) is 10.8 Å². The van der Waals surface area contributed by atoms with Crippen LogP contribution in [0.25, 0.3) is 10.6 Å². The third-order valence-electron chi connectivity index (χ3n) is 5.45. The summed E-state index contributed by atoms with van der Waals surface area (Å²) in [4.78, 5) is 0.215. The molecule has 1 fully saturated rings. The molecule has 2 heterocycles. The normalized spacial score (nSPS) is 17.5. The number of sulfonamides is 1. The maximum Gasteiger partial charge on any atom is 0.246 e. The van der Waals surface area contributed by atoms with Crippen molar-refractivity contribution in [3.63, 3.8) is 0 Å². The molecule has 1 atom stereocenters. The van der Waals surface area contributed by atoms with Gasteiger partial charge in [-0.1, -0.05) is 17.4 Å². The third-order valence-corrected chi connectivity index (χ3v) is 8.47. The van der Waals surface area contributed by atoms with Crippen LogP contribution in [0.1, 0.15) is 29.3 Å². The number of aromatic nitrogens is 2. The molecule has 2 aromatic carbocycles. The van der Waals surface area contributed by atoms with Crippen LogP contribution >= 0.6 is 11.3 Å². The highest BCUT2D eigenvalue weighted by atomic mass is 32.2. The van der Waals surface area contributed by atoms with Crippen molar-refractivity contribution < 1.29 is 17.9 Å². The number of rotatable bonds is 6. The van der Waals surface area contributed by atoms with Gasteiger partial charge in [-0.25, -0.2) is 8.42 Å². The molecule has 9 heteroatoms. The maximum absolute atomic E-state index is 13.4. The summed E-state index contributed by atoms with van der Waals surface area (Å²) in [7, 11) is -0.547. The zero-order valence-corrected chi connectivity index (χ0v) is 19.4. The summed E-state index contributed by atoms with van der Waals surface area (Å²) in [6.07, 6.45) is 1.66. The summed E-state index contributed by atoms with van der Waals surface area (Å²) in [5.41, 5.74) is 1.84. The molecule has 31 heavy (non-hydrogen) atoms. The molecule has 4 rings (SSSR count). The van der Waals surface area contributed by atoms with Crippen molar-refractivity contribution in [2.75, 3.05) is 27.3 Å². The van der Waals surface area contributed by atoms with Crippen LogP contribution in [0.5, 0.6) is 11.5 Å². The van der Waals surface area contributed by atoms with Gasteiger partial charge >= 0.3 is 0 Å². The van der Waals surface area contributed by atoms with E-state index in [1.54, 1.807) is 23.5 Å². The Labute approximate surface area is 186 Å². The fraction of sp³-hybridized carbons (Fsp3) is 0.364. The molecule has 0 amide bonds. The van der Waals surface area contributed by atoms with Crippen molar-refractivity contribution in [3.8, 4) is 22.1 Å². The van der Waals surface area contributed by atoms with Gasteiger partial charge in [0.25, 0.3) is 0 Å². The highest BCUT2D eigenvalue weighted by molar-refractivity contribution is 7.89. The minimum absolute atomic E-state index is 0.0174. The Kier molecular flexibility index (Phi) is 6.27. The van der Waals surface area contributed by atoms with Gasteiger partial charge in [0.15, 0.2) is 0 Å². The lowest BCUT2D eigenvalue weighted by atomic mass is 10.0. The van der Waals surface area contributed by atoms with Crippen LogP contribution < -0.4 is 9.47 Å². The van der Waals surface area contributed by atoms with Crippen LogP contribution in [-0.2, 0) is 10.0 Å². The maximum atomic E-state index is 13.4. The van der Waals surface area contributed by atoms with Crippen LogP contribution in [0.2, 0.25) is 0 Å². The Morgan fingerprint density at radius 3 is 2.55 bits per heavy atom. The second kappa shape index (κ2) is 8.94. The Hall–Kier alpha value is -2.49. The Bertz CT molecular complexity index is 1160. The average Bonchev–Trinajstić information content (AvgIpc) is 3.29. The van der Waals surface area contributed by atoms with E-state index in [2.05, 4.69) is 10.2 Å². The molecule has 1 aliphatic rings. The summed E-state index contributed by atoms with van der Waals surface area (Å²) in [6, 6.07) is 12.9. The van der Waals surface area contributed by atoms with E-state index in [9.17, 15) is 8.42 Å². The first-order chi connectivity index (χ1) is 14.9. The molecular weight excluding hydrogens is 434 g/mol. The summed E-state index contributed by atoms with van der Waals surface area (Å²) >= 11 is 1.52. The third kappa shape index (κ3) is 4.44. The van der Waals surface area contributed by atoms with Crippen LogP contribution in [-0.4, -0.2) is 50.2 Å². The Morgan fingerprint density at radius 1 is 1.06 bits per heavy atom. The Balaban J connectivity index is 1.56. The lowest BCUT2D eigenvalue weighted by Gasteiger charge is -2.31. The Morgan fingerprint density at radius 2 is 1.84 bits per heavy atom. The van der Waals surface area contributed by atoms with E-state index in [1.165, 1.54) is 18.4 Å². The molecule has 1 saturated heterocycles. The summed E-state index contributed by atoms with van der Waals surface area (Å²) < 4.78 is 38.8. The lowest BCUT2D eigenvalue weighted by Crippen LogP contribution is -2.39. The van der Waals surface area contributed by atoms with Gasteiger partial charge in [-0.3, -0.25) is 0 Å². The van der Waals surface area contributed by atoms with Gasteiger partial charge in [0.05, 0.1) is 14.2 Å². The predicted octanol–water partition coefficient (Wildman–Crippen LogP) is 4.10. The molecular formula is C22H25N3O4S2. The standard InChI is InChI=1S/C22H25N3O4S2/c1-15-6-11-19(29-3)20(13-15)31(26,27)25-12-4-5-17(14-25)22-24-23-21(30-22)16-7-9-18(28-2)10-8-16/h6-11,13,17H,4-5,12,14H2,1-3H3. The first-order valence-electron chi connectivity index (χ1n) is 10.0.